The molecule has 0 spiro atoms. The molecule has 1 aromatic rings. The molecule has 96 valence electrons. The van der Waals surface area contributed by atoms with Gasteiger partial charge in [-0.2, -0.15) is 0 Å². The first-order valence-corrected chi connectivity index (χ1v) is 6.22. The molecule has 1 N–H and O–H groups in total. The van der Waals surface area contributed by atoms with Crippen LogP contribution in [0.5, 0.6) is 0 Å². The zero-order valence-electron chi connectivity index (χ0n) is 9.40. The van der Waals surface area contributed by atoms with Crippen LogP contribution in [0, 0.1) is 0 Å². The van der Waals surface area contributed by atoms with Crippen molar-refractivity contribution in [3.05, 3.63) is 33.8 Å². The van der Waals surface area contributed by atoms with Crippen LogP contribution in [0.3, 0.4) is 0 Å². The van der Waals surface area contributed by atoms with Crippen LogP contribution in [0.15, 0.2) is 18.2 Å². The topological polar surface area (TPSA) is 57.6 Å². The fraction of sp³-hybridized carbons (Fsp3) is 0.333. The minimum absolute atomic E-state index is 0.0198. The molecule has 0 heterocycles. The lowest BCUT2D eigenvalue weighted by Gasteiger charge is -2.20. The van der Waals surface area contributed by atoms with E-state index in [2.05, 4.69) is 0 Å². The van der Waals surface area contributed by atoms with Gasteiger partial charge >= 0.3 is 5.97 Å². The summed E-state index contributed by atoms with van der Waals surface area (Å²) in [6.45, 7) is -0.298. The van der Waals surface area contributed by atoms with Gasteiger partial charge in [0.2, 0.25) is 0 Å². The van der Waals surface area contributed by atoms with Crippen molar-refractivity contribution in [2.45, 2.75) is 18.9 Å². The molecule has 4 nitrogen and oxygen atoms in total. The van der Waals surface area contributed by atoms with Crippen LogP contribution in [0.4, 0.5) is 0 Å². The molecule has 0 aromatic heterocycles. The Morgan fingerprint density at radius 2 is 1.78 bits per heavy atom. The number of aliphatic carboxylic acids is 1. The van der Waals surface area contributed by atoms with Gasteiger partial charge in [0.15, 0.2) is 0 Å². The summed E-state index contributed by atoms with van der Waals surface area (Å²) in [6.07, 6.45) is 1.68. The average Bonchev–Trinajstić information content (AvgIpc) is 3.07. The third kappa shape index (κ3) is 3.15. The van der Waals surface area contributed by atoms with Gasteiger partial charge in [-0.05, 0) is 31.0 Å². The number of nitrogens with zero attached hydrogens (tertiary/aromatic N) is 1. The number of carboxylic acid groups (broad SMARTS) is 1. The zero-order valence-corrected chi connectivity index (χ0v) is 10.9. The largest absolute Gasteiger partial charge is 0.480 e. The Morgan fingerprint density at radius 3 is 2.22 bits per heavy atom. The molecular formula is C12H11Cl2NO3. The van der Waals surface area contributed by atoms with Gasteiger partial charge in [0.1, 0.15) is 6.54 Å². The number of carbonyl (C=O) groups excluding carboxylic acids is 1. The maximum absolute atomic E-state index is 12.2. The molecule has 1 aliphatic carbocycles. The molecule has 1 aliphatic rings. The monoisotopic (exact) mass is 287 g/mol. The highest BCUT2D eigenvalue weighted by molar-refractivity contribution is 6.35. The number of halogens is 2. The van der Waals surface area contributed by atoms with E-state index in [0.29, 0.717) is 15.6 Å². The summed E-state index contributed by atoms with van der Waals surface area (Å²) in [5, 5.41) is 9.54. The Labute approximate surface area is 114 Å². The summed E-state index contributed by atoms with van der Waals surface area (Å²) in [4.78, 5) is 24.3. The normalized spacial score (nSPS) is 14.3. The van der Waals surface area contributed by atoms with Crippen molar-refractivity contribution in [1.29, 1.82) is 0 Å². The van der Waals surface area contributed by atoms with Gasteiger partial charge in [0.05, 0.1) is 0 Å². The summed E-state index contributed by atoms with van der Waals surface area (Å²) in [5.74, 6) is -1.37. The van der Waals surface area contributed by atoms with Crippen molar-refractivity contribution in [3.8, 4) is 0 Å². The third-order valence-electron chi connectivity index (χ3n) is 2.66. The first-order chi connectivity index (χ1) is 8.47. The SMILES string of the molecule is O=C(O)CN(C(=O)c1cc(Cl)cc(Cl)c1)C1CC1. The van der Waals surface area contributed by atoms with Crippen molar-refractivity contribution in [2.24, 2.45) is 0 Å². The van der Waals surface area contributed by atoms with E-state index in [4.69, 9.17) is 28.3 Å². The van der Waals surface area contributed by atoms with Crippen molar-refractivity contribution in [3.63, 3.8) is 0 Å². The molecule has 0 aliphatic heterocycles. The molecular weight excluding hydrogens is 277 g/mol. The third-order valence-corrected chi connectivity index (χ3v) is 3.10. The zero-order chi connectivity index (χ0) is 13.3. The first kappa shape index (κ1) is 13.2. The van der Waals surface area contributed by atoms with Crippen LogP contribution in [0.25, 0.3) is 0 Å². The summed E-state index contributed by atoms with van der Waals surface area (Å²) in [6, 6.07) is 4.53. The van der Waals surface area contributed by atoms with Crippen LogP contribution in [0.1, 0.15) is 23.2 Å². The summed E-state index contributed by atoms with van der Waals surface area (Å²) in [5.41, 5.74) is 0.320. The van der Waals surface area contributed by atoms with E-state index < -0.39 is 5.97 Å². The maximum Gasteiger partial charge on any atom is 0.323 e. The highest BCUT2D eigenvalue weighted by Crippen LogP contribution is 2.29. The second kappa shape index (κ2) is 5.16. The molecule has 1 aromatic carbocycles. The van der Waals surface area contributed by atoms with E-state index in [1.165, 1.54) is 23.1 Å². The second-order valence-electron chi connectivity index (χ2n) is 4.22. The Kier molecular flexibility index (Phi) is 3.78. The van der Waals surface area contributed by atoms with Gasteiger partial charge in [0.25, 0.3) is 5.91 Å². The molecule has 1 fully saturated rings. The molecule has 0 unspecified atom stereocenters. The van der Waals surface area contributed by atoms with E-state index in [1.54, 1.807) is 0 Å². The van der Waals surface area contributed by atoms with E-state index in [0.717, 1.165) is 12.8 Å². The maximum atomic E-state index is 12.2. The summed E-state index contributed by atoms with van der Waals surface area (Å²) < 4.78 is 0. The number of hydrogen-bond donors (Lipinski definition) is 1. The molecule has 0 radical (unpaired) electrons. The van der Waals surface area contributed by atoms with Gasteiger partial charge in [-0.15, -0.1) is 0 Å². The van der Waals surface area contributed by atoms with E-state index >= 15 is 0 Å². The molecule has 6 heteroatoms. The summed E-state index contributed by atoms with van der Waals surface area (Å²) in [7, 11) is 0. The molecule has 18 heavy (non-hydrogen) atoms. The fourth-order valence-electron chi connectivity index (χ4n) is 1.74. The number of carboxylic acids is 1. The minimum Gasteiger partial charge on any atom is -0.480 e. The Hall–Kier alpha value is -1.26. The molecule has 2 rings (SSSR count). The van der Waals surface area contributed by atoms with Crippen LogP contribution < -0.4 is 0 Å². The van der Waals surface area contributed by atoms with Crippen molar-refractivity contribution in [1.82, 2.24) is 4.90 Å². The quantitative estimate of drug-likeness (QED) is 0.926. The Bertz CT molecular complexity index is 480. The molecule has 0 bridgehead atoms. The summed E-state index contributed by atoms with van der Waals surface area (Å²) >= 11 is 11.7. The lowest BCUT2D eigenvalue weighted by molar-refractivity contribution is -0.137. The standard InChI is InChI=1S/C12H11Cl2NO3/c13-8-3-7(4-9(14)5-8)12(18)15(6-11(16)17)10-1-2-10/h3-5,10H,1-2,6H2,(H,16,17). The number of amides is 1. The van der Waals surface area contributed by atoms with Crippen LogP contribution in [-0.4, -0.2) is 34.5 Å². The number of rotatable bonds is 4. The second-order valence-corrected chi connectivity index (χ2v) is 5.09. The van der Waals surface area contributed by atoms with Crippen molar-refractivity contribution < 1.29 is 14.7 Å². The molecule has 1 saturated carbocycles. The lowest BCUT2D eigenvalue weighted by atomic mass is 10.2. The van der Waals surface area contributed by atoms with Gasteiger partial charge in [-0.3, -0.25) is 9.59 Å². The molecule has 1 amide bonds. The highest BCUT2D eigenvalue weighted by atomic mass is 35.5. The van der Waals surface area contributed by atoms with Gasteiger partial charge in [-0.1, -0.05) is 23.2 Å². The number of hydrogen-bond acceptors (Lipinski definition) is 2. The van der Waals surface area contributed by atoms with Crippen LogP contribution in [0.2, 0.25) is 10.0 Å². The van der Waals surface area contributed by atoms with E-state index in [1.807, 2.05) is 0 Å². The number of carbonyl (C=O) groups is 2. The predicted molar refractivity (Wildman–Crippen MR) is 68.2 cm³/mol. The van der Waals surface area contributed by atoms with Gasteiger partial charge in [0, 0.05) is 21.7 Å². The Morgan fingerprint density at radius 1 is 1.22 bits per heavy atom. The average molecular weight is 288 g/mol. The van der Waals surface area contributed by atoms with Crippen molar-refractivity contribution >= 4 is 35.1 Å². The fourth-order valence-corrected chi connectivity index (χ4v) is 2.27. The Balaban J connectivity index is 2.24. The highest BCUT2D eigenvalue weighted by Gasteiger charge is 2.34. The predicted octanol–water partition coefficient (Wildman–Crippen LogP) is 2.68. The first-order valence-electron chi connectivity index (χ1n) is 5.46. The van der Waals surface area contributed by atoms with Gasteiger partial charge in [-0.25, -0.2) is 0 Å². The van der Waals surface area contributed by atoms with Crippen LogP contribution >= 0.6 is 23.2 Å². The van der Waals surface area contributed by atoms with Crippen LogP contribution in [-0.2, 0) is 4.79 Å². The molecule has 0 saturated heterocycles. The lowest BCUT2D eigenvalue weighted by Crippen LogP contribution is -2.37. The van der Waals surface area contributed by atoms with E-state index in [-0.39, 0.29) is 18.5 Å². The molecule has 0 atom stereocenters. The smallest absolute Gasteiger partial charge is 0.323 e. The number of benzene rings is 1. The van der Waals surface area contributed by atoms with Gasteiger partial charge < -0.3 is 10.0 Å². The minimum atomic E-state index is -1.02. The van der Waals surface area contributed by atoms with Crippen molar-refractivity contribution in [2.75, 3.05) is 6.54 Å². The van der Waals surface area contributed by atoms with E-state index in [9.17, 15) is 9.59 Å².